The first-order chi connectivity index (χ1) is 17.7. The molecule has 0 aliphatic rings. The first kappa shape index (κ1) is 24.1. The van der Waals surface area contributed by atoms with Gasteiger partial charge in [-0.3, -0.25) is 14.8 Å². The van der Waals surface area contributed by atoms with E-state index in [0.29, 0.717) is 28.2 Å². The Morgan fingerprint density at radius 3 is 2.51 bits per heavy atom. The van der Waals surface area contributed by atoms with Crippen molar-refractivity contribution in [1.82, 2.24) is 25.1 Å². The summed E-state index contributed by atoms with van der Waals surface area (Å²) in [6.07, 6.45) is -1.44. The van der Waals surface area contributed by atoms with Gasteiger partial charge in [-0.15, -0.1) is 0 Å². The molecule has 0 radical (unpaired) electrons. The van der Waals surface area contributed by atoms with Crippen LogP contribution in [0.1, 0.15) is 27.3 Å². The highest BCUT2D eigenvalue weighted by molar-refractivity contribution is 5.95. The normalized spacial score (nSPS) is 11.6. The number of carbonyl (C=O) groups is 1. The third-order valence-electron chi connectivity index (χ3n) is 5.74. The summed E-state index contributed by atoms with van der Waals surface area (Å²) in [5, 5.41) is 7.44. The molecular weight excluding hydrogens is 486 g/mol. The lowest BCUT2D eigenvalue weighted by Gasteiger charge is -2.15. The number of para-hydroxylation sites is 1. The molecule has 0 bridgehead atoms. The number of aryl methyl sites for hydroxylation is 1. The predicted octanol–water partition coefficient (Wildman–Crippen LogP) is 5.88. The molecule has 5 rings (SSSR count). The van der Waals surface area contributed by atoms with Crippen molar-refractivity contribution >= 4 is 16.8 Å². The fourth-order valence-corrected chi connectivity index (χ4v) is 4.03. The largest absolute Gasteiger partial charge is 0.418 e. The van der Waals surface area contributed by atoms with Crippen LogP contribution in [0.4, 0.5) is 17.6 Å². The van der Waals surface area contributed by atoms with Gasteiger partial charge in [-0.05, 0) is 55.0 Å². The molecule has 5 aromatic rings. The Balaban J connectivity index is 1.62. The van der Waals surface area contributed by atoms with E-state index in [1.54, 1.807) is 55.7 Å². The number of halogens is 4. The lowest BCUT2D eigenvalue weighted by molar-refractivity contribution is -0.136. The van der Waals surface area contributed by atoms with Gasteiger partial charge in [-0.2, -0.15) is 18.3 Å². The molecule has 2 aromatic carbocycles. The maximum atomic E-state index is 13.7. The highest BCUT2D eigenvalue weighted by Crippen LogP contribution is 2.36. The van der Waals surface area contributed by atoms with Crippen LogP contribution in [0.3, 0.4) is 0 Å². The first-order valence-electron chi connectivity index (χ1n) is 11.2. The van der Waals surface area contributed by atoms with Crippen molar-refractivity contribution < 1.29 is 22.4 Å². The van der Waals surface area contributed by atoms with Crippen molar-refractivity contribution in [3.8, 4) is 16.9 Å². The molecule has 0 atom stereocenters. The van der Waals surface area contributed by atoms with E-state index in [2.05, 4.69) is 20.4 Å². The second-order valence-electron chi connectivity index (χ2n) is 8.36. The van der Waals surface area contributed by atoms with Crippen LogP contribution in [-0.4, -0.2) is 25.7 Å². The van der Waals surface area contributed by atoms with Gasteiger partial charge in [0.1, 0.15) is 5.82 Å². The van der Waals surface area contributed by atoms with Gasteiger partial charge >= 0.3 is 6.18 Å². The second-order valence-corrected chi connectivity index (χ2v) is 8.36. The summed E-state index contributed by atoms with van der Waals surface area (Å²) in [5.41, 5.74) is 1.45. The Morgan fingerprint density at radius 2 is 1.81 bits per heavy atom. The summed E-state index contributed by atoms with van der Waals surface area (Å²) >= 11 is 0. The molecule has 0 fully saturated rings. The number of benzene rings is 2. The van der Waals surface area contributed by atoms with Crippen molar-refractivity contribution in [2.24, 2.45) is 0 Å². The Hall–Kier alpha value is -4.60. The number of carbonyl (C=O) groups excluding carboxylic acids is 1. The van der Waals surface area contributed by atoms with Crippen molar-refractivity contribution in [1.29, 1.82) is 0 Å². The maximum absolute atomic E-state index is 13.7. The Morgan fingerprint density at radius 1 is 1.03 bits per heavy atom. The van der Waals surface area contributed by atoms with Crippen LogP contribution in [-0.2, 0) is 12.7 Å². The average molecular weight is 505 g/mol. The van der Waals surface area contributed by atoms with Gasteiger partial charge in [0, 0.05) is 35.6 Å². The lowest BCUT2D eigenvalue weighted by atomic mass is 10.1. The minimum absolute atomic E-state index is 0.0514. The van der Waals surface area contributed by atoms with E-state index in [9.17, 15) is 22.4 Å². The summed E-state index contributed by atoms with van der Waals surface area (Å²) in [6, 6.07) is 16.2. The highest BCUT2D eigenvalue weighted by Gasteiger charge is 2.34. The molecule has 0 saturated heterocycles. The fraction of sp³-hybridized carbons (Fsp3) is 0.111. The highest BCUT2D eigenvalue weighted by atomic mass is 19.4. The van der Waals surface area contributed by atoms with Gasteiger partial charge in [0.2, 0.25) is 0 Å². The van der Waals surface area contributed by atoms with E-state index in [-0.39, 0.29) is 29.0 Å². The van der Waals surface area contributed by atoms with E-state index in [4.69, 9.17) is 0 Å². The van der Waals surface area contributed by atoms with Crippen LogP contribution in [0.15, 0.2) is 79.1 Å². The Kier molecular flexibility index (Phi) is 6.16. The summed E-state index contributed by atoms with van der Waals surface area (Å²) in [7, 11) is 0. The molecule has 0 aliphatic carbocycles. The van der Waals surface area contributed by atoms with Crippen LogP contribution in [0.2, 0.25) is 0 Å². The number of nitrogens with zero attached hydrogens (tertiary/aromatic N) is 4. The second kappa shape index (κ2) is 9.45. The van der Waals surface area contributed by atoms with Crippen LogP contribution >= 0.6 is 0 Å². The zero-order valence-electron chi connectivity index (χ0n) is 19.4. The molecule has 3 heterocycles. The molecule has 6 nitrogen and oxygen atoms in total. The van der Waals surface area contributed by atoms with Gasteiger partial charge in [-0.1, -0.05) is 24.3 Å². The number of hydrogen-bond acceptors (Lipinski definition) is 4. The Labute approximate surface area is 208 Å². The van der Waals surface area contributed by atoms with E-state index in [1.165, 1.54) is 28.9 Å². The molecule has 0 saturated carbocycles. The summed E-state index contributed by atoms with van der Waals surface area (Å²) in [5.74, 6) is -0.886. The van der Waals surface area contributed by atoms with Crippen molar-refractivity contribution in [3.63, 3.8) is 0 Å². The molecule has 0 spiro atoms. The van der Waals surface area contributed by atoms with E-state index in [0.717, 1.165) is 6.07 Å². The summed E-state index contributed by atoms with van der Waals surface area (Å²) < 4.78 is 55.8. The molecule has 37 heavy (non-hydrogen) atoms. The van der Waals surface area contributed by atoms with Crippen LogP contribution in [0.5, 0.6) is 0 Å². The van der Waals surface area contributed by atoms with Crippen molar-refractivity contribution in [2.45, 2.75) is 19.6 Å². The number of fused-ring (bicyclic) bond motifs is 1. The number of alkyl halides is 3. The molecule has 0 unspecified atom stereocenters. The van der Waals surface area contributed by atoms with Crippen LogP contribution < -0.4 is 5.32 Å². The van der Waals surface area contributed by atoms with Gasteiger partial charge in [0.05, 0.1) is 22.5 Å². The van der Waals surface area contributed by atoms with E-state index >= 15 is 0 Å². The average Bonchev–Trinajstić information content (AvgIpc) is 3.33. The van der Waals surface area contributed by atoms with Crippen LogP contribution in [0.25, 0.3) is 27.8 Å². The zero-order valence-corrected chi connectivity index (χ0v) is 19.4. The number of pyridine rings is 2. The molecular formula is C27H19F4N5O. The molecule has 1 N–H and O–H groups in total. The fourth-order valence-electron chi connectivity index (χ4n) is 4.03. The van der Waals surface area contributed by atoms with Gasteiger partial charge in [0.25, 0.3) is 5.91 Å². The minimum atomic E-state index is -4.60. The van der Waals surface area contributed by atoms with Crippen molar-refractivity contribution in [3.05, 3.63) is 107 Å². The smallest absolute Gasteiger partial charge is 0.347 e. The third kappa shape index (κ3) is 4.90. The third-order valence-corrected chi connectivity index (χ3v) is 5.74. The van der Waals surface area contributed by atoms with Gasteiger partial charge < -0.3 is 5.32 Å². The quantitative estimate of drug-likeness (QED) is 0.303. The molecule has 3 aromatic heterocycles. The number of hydrogen-bond donors (Lipinski definition) is 1. The topological polar surface area (TPSA) is 72.7 Å². The van der Waals surface area contributed by atoms with Gasteiger partial charge in [0.15, 0.2) is 5.69 Å². The number of nitrogens with one attached hydrogen (secondary N) is 1. The number of aromatic nitrogens is 4. The molecule has 0 aliphatic heterocycles. The molecule has 1 amide bonds. The standard InChI is InChI=1S/C27H19F4N5O/c1-16-12-24(20-5-2-6-21(25(20)34-16)27(29,30)31)36-23(18-4-3-11-32-15-18)13-22(35-36)26(37)33-14-17-7-9-19(28)10-8-17/h2-13,15H,14H2,1H3,(H,33,37). The summed E-state index contributed by atoms with van der Waals surface area (Å²) in [6.45, 7) is 1.74. The zero-order chi connectivity index (χ0) is 26.2. The molecule has 186 valence electrons. The maximum Gasteiger partial charge on any atom is 0.418 e. The van der Waals surface area contributed by atoms with Crippen LogP contribution in [0, 0.1) is 12.7 Å². The van der Waals surface area contributed by atoms with Gasteiger partial charge in [-0.25, -0.2) is 9.07 Å². The Bertz CT molecular complexity index is 1600. The minimum Gasteiger partial charge on any atom is -0.347 e. The number of rotatable bonds is 5. The molecule has 10 heteroatoms. The SMILES string of the molecule is Cc1cc(-n2nc(C(=O)NCc3ccc(F)cc3)cc2-c2cccnc2)c2cccc(C(F)(F)F)c2n1. The first-order valence-corrected chi connectivity index (χ1v) is 11.2. The predicted molar refractivity (Wildman–Crippen MR) is 129 cm³/mol. The number of amides is 1. The summed E-state index contributed by atoms with van der Waals surface area (Å²) in [4.78, 5) is 21.3. The monoisotopic (exact) mass is 505 g/mol. The van der Waals surface area contributed by atoms with E-state index in [1.807, 2.05) is 0 Å². The van der Waals surface area contributed by atoms with E-state index < -0.39 is 17.6 Å². The van der Waals surface area contributed by atoms with Crippen molar-refractivity contribution in [2.75, 3.05) is 0 Å². The lowest BCUT2D eigenvalue weighted by Crippen LogP contribution is -2.23.